The fraction of sp³-hybridized carbons (Fsp3) is 0.0526. The second-order valence-corrected chi connectivity index (χ2v) is 17.3. The molecule has 2 aliphatic heterocycles. The average Bonchev–Trinajstić information content (AvgIpc) is 3.36. The number of rotatable bonds is 11. The van der Waals surface area contributed by atoms with Crippen molar-refractivity contribution in [3.63, 3.8) is 0 Å². The van der Waals surface area contributed by atoms with Gasteiger partial charge in [-0.25, -0.2) is 14.4 Å². The number of nitrogens with one attached hydrogen (secondary N) is 2. The lowest BCUT2D eigenvalue weighted by molar-refractivity contribution is 0.0682. The van der Waals surface area contributed by atoms with Crippen LogP contribution in [0.3, 0.4) is 0 Å². The Labute approximate surface area is 407 Å². The first-order valence-corrected chi connectivity index (χ1v) is 22.2. The molecule has 1 aliphatic carbocycles. The zero-order valence-corrected chi connectivity index (χ0v) is 38.2. The quantitative estimate of drug-likeness (QED) is 0.0668. The molecule has 0 unspecified atom stereocenters. The van der Waals surface area contributed by atoms with Gasteiger partial charge in [0.2, 0.25) is 0 Å². The Hall–Kier alpha value is -10.0. The largest absolute Gasteiger partial charge is 0.508 e. The highest BCUT2D eigenvalue weighted by Crippen LogP contribution is 2.44. The molecule has 0 bridgehead atoms. The number of hydrogen-bond donors (Lipinski definition) is 6. The number of carbonyl (C=O) groups is 5. The maximum atomic E-state index is 13.9. The van der Waals surface area contributed by atoms with E-state index in [1.165, 1.54) is 48.5 Å². The van der Waals surface area contributed by atoms with E-state index in [0.717, 1.165) is 11.8 Å². The van der Waals surface area contributed by atoms with Crippen molar-refractivity contribution in [1.82, 2.24) is 5.32 Å². The molecular weight excluding hydrogens is 919 g/mol. The molecule has 3 aliphatic rings. The van der Waals surface area contributed by atoms with E-state index >= 15 is 0 Å². The lowest BCUT2D eigenvalue weighted by Crippen LogP contribution is -2.26. The number of fused-ring (bicyclic) bond motifs is 5. The van der Waals surface area contributed by atoms with Crippen LogP contribution in [0.25, 0.3) is 56.3 Å². The van der Waals surface area contributed by atoms with Gasteiger partial charge in [-0.2, -0.15) is 0 Å². The summed E-state index contributed by atoms with van der Waals surface area (Å²) in [5, 5.41) is 49.3. The molecule has 2 amide bonds. The van der Waals surface area contributed by atoms with Gasteiger partial charge in [0.05, 0.1) is 28.8 Å². The Morgan fingerprint density at radius 3 is 2.07 bits per heavy atom. The first kappa shape index (κ1) is 45.7. The molecule has 7 aromatic rings. The number of aromatic hydroxyl groups is 1. The van der Waals surface area contributed by atoms with Crippen molar-refractivity contribution in [3.8, 4) is 39.7 Å². The second kappa shape index (κ2) is 17.8. The van der Waals surface area contributed by atoms with E-state index in [0.29, 0.717) is 71.6 Å². The van der Waals surface area contributed by atoms with Crippen LogP contribution in [0.15, 0.2) is 149 Å². The second-order valence-electron chi connectivity index (χ2n) is 17.3. The van der Waals surface area contributed by atoms with E-state index < -0.39 is 35.2 Å². The van der Waals surface area contributed by atoms with Crippen molar-refractivity contribution in [2.45, 2.75) is 6.54 Å². The summed E-state index contributed by atoms with van der Waals surface area (Å²) in [6, 6.07) is 36.1. The fourth-order valence-electron chi connectivity index (χ4n) is 9.08. The Kier molecular flexibility index (Phi) is 11.3. The number of anilines is 2. The smallest absolute Gasteiger partial charge is 0.336 e. The standard InChI is InChI=1S/C57H39N3O12/c1-28-7-13-38-47(21-28)71-48-25-33(60(2)3)11-17-39(48)50(38)36-15-9-31(23-42(36)56(67)68)54(64)59-45-6-4-5-29-22-30(8-14-35(29)45)53(63)58-27-44-46(62)20-19-41-51(40-18-12-34(61)26-49(40)72-52(41)44)37-16-10-32(55(65)66)24-43(37)57(69)70/h4-26,61H,1,27H2,2-3H3,(H,58,63)(H,59,64)(H,65,66)(H,67,68)(H,69,70). The first-order chi connectivity index (χ1) is 34.5. The van der Waals surface area contributed by atoms with E-state index in [2.05, 4.69) is 17.2 Å². The number of amides is 2. The van der Waals surface area contributed by atoms with E-state index in [1.807, 2.05) is 49.3 Å². The Bertz CT molecular complexity index is 4010. The third-order valence-corrected chi connectivity index (χ3v) is 12.6. The van der Waals surface area contributed by atoms with Crippen LogP contribution in [-0.2, 0) is 6.54 Å². The lowest BCUT2D eigenvalue weighted by atomic mass is 9.88. The van der Waals surface area contributed by atoms with Crippen LogP contribution in [0.4, 0.5) is 11.4 Å². The molecule has 15 nitrogen and oxygen atoms in total. The van der Waals surface area contributed by atoms with E-state index in [1.54, 1.807) is 54.6 Å². The molecule has 72 heavy (non-hydrogen) atoms. The zero-order chi connectivity index (χ0) is 50.7. The predicted octanol–water partition coefficient (Wildman–Crippen LogP) is 8.53. The highest BCUT2D eigenvalue weighted by Gasteiger charge is 2.28. The Balaban J connectivity index is 0.932. The number of phenolic OH excluding ortho intramolecular Hbond substituents is 1. The minimum atomic E-state index is -1.40. The van der Waals surface area contributed by atoms with Gasteiger partial charge in [0.15, 0.2) is 5.43 Å². The van der Waals surface area contributed by atoms with Crippen molar-refractivity contribution in [1.29, 1.82) is 0 Å². The minimum absolute atomic E-state index is 0.00289. The molecule has 6 N–H and O–H groups in total. The monoisotopic (exact) mass is 957 g/mol. The third-order valence-electron chi connectivity index (χ3n) is 12.6. The van der Waals surface area contributed by atoms with Crippen molar-refractivity contribution < 1.29 is 53.6 Å². The summed E-state index contributed by atoms with van der Waals surface area (Å²) in [4.78, 5) is 80.5. The number of aromatic carboxylic acids is 3. The summed E-state index contributed by atoms with van der Waals surface area (Å²) in [7, 11) is 3.81. The van der Waals surface area contributed by atoms with Crippen LogP contribution in [0.5, 0.6) is 17.2 Å². The van der Waals surface area contributed by atoms with Crippen molar-refractivity contribution in [3.05, 3.63) is 205 Å². The molecule has 0 radical (unpaired) electrons. The molecular formula is C57H39N3O12. The molecule has 7 aromatic carbocycles. The van der Waals surface area contributed by atoms with Crippen LogP contribution < -0.4 is 36.1 Å². The summed E-state index contributed by atoms with van der Waals surface area (Å²) in [6.07, 6.45) is 0. The molecule has 0 fully saturated rings. The normalized spacial score (nSPS) is 11.7. The molecule has 0 spiro atoms. The maximum Gasteiger partial charge on any atom is 0.336 e. The van der Waals surface area contributed by atoms with Gasteiger partial charge in [0.25, 0.3) is 11.8 Å². The molecule has 0 aromatic heterocycles. The number of carboxylic acids is 3. The van der Waals surface area contributed by atoms with Gasteiger partial charge >= 0.3 is 17.9 Å². The molecule has 0 saturated carbocycles. The molecule has 15 heteroatoms. The van der Waals surface area contributed by atoms with E-state index in [-0.39, 0.29) is 62.6 Å². The lowest BCUT2D eigenvalue weighted by Gasteiger charge is -2.24. The van der Waals surface area contributed by atoms with Gasteiger partial charge in [0, 0.05) is 87.0 Å². The summed E-state index contributed by atoms with van der Waals surface area (Å²) < 4.78 is 12.5. The minimum Gasteiger partial charge on any atom is -0.508 e. The Morgan fingerprint density at radius 2 is 1.31 bits per heavy atom. The highest BCUT2D eigenvalue weighted by atomic mass is 16.5. The number of benzene rings is 8. The highest BCUT2D eigenvalue weighted by molar-refractivity contribution is 6.12. The topological polar surface area (TPSA) is 233 Å². The van der Waals surface area contributed by atoms with Gasteiger partial charge in [-0.1, -0.05) is 49.0 Å². The first-order valence-electron chi connectivity index (χ1n) is 22.2. The van der Waals surface area contributed by atoms with Crippen molar-refractivity contribution in [2.24, 2.45) is 0 Å². The SMILES string of the molecule is C=c1ccc2c(c1)Oc1cc(N(C)C)ccc1C=2c1ccc(C(=O)Nc2cccc3cc(C(=O)NCc4c5oc6cc(O)ccc6c(-c6ccc(C(=O)O)cc6C(=O)O)c-5ccc4=O)ccc23)cc1C(=O)O. The molecule has 0 atom stereocenters. The van der Waals surface area contributed by atoms with Gasteiger partial charge in [-0.05, 0) is 107 Å². The van der Waals surface area contributed by atoms with Gasteiger partial charge < -0.3 is 45.1 Å². The molecule has 0 saturated heterocycles. The summed E-state index contributed by atoms with van der Waals surface area (Å²) in [6.45, 7) is 3.70. The third kappa shape index (κ3) is 8.15. The number of phenols is 1. The van der Waals surface area contributed by atoms with Crippen LogP contribution >= 0.6 is 0 Å². The molecule has 10 rings (SSSR count). The van der Waals surface area contributed by atoms with Crippen molar-refractivity contribution >= 4 is 75.0 Å². The van der Waals surface area contributed by atoms with Crippen LogP contribution in [0.2, 0.25) is 0 Å². The maximum absolute atomic E-state index is 13.9. The average molecular weight is 958 g/mol. The predicted molar refractivity (Wildman–Crippen MR) is 270 cm³/mol. The van der Waals surface area contributed by atoms with Crippen LogP contribution in [0.1, 0.15) is 68.5 Å². The summed E-state index contributed by atoms with van der Waals surface area (Å²) in [5.74, 6) is -4.24. The van der Waals surface area contributed by atoms with Crippen LogP contribution in [0, 0.1) is 0 Å². The van der Waals surface area contributed by atoms with E-state index in [9.17, 15) is 49.2 Å². The number of ether oxygens (including phenoxy) is 1. The van der Waals surface area contributed by atoms with Gasteiger partial charge in [0.1, 0.15) is 28.6 Å². The van der Waals surface area contributed by atoms with Crippen molar-refractivity contribution in [2.75, 3.05) is 24.3 Å². The zero-order valence-electron chi connectivity index (χ0n) is 38.2. The number of carbonyl (C=O) groups excluding carboxylic acids is 2. The fourth-order valence-corrected chi connectivity index (χ4v) is 9.08. The molecule has 2 heterocycles. The molecule has 354 valence electrons. The van der Waals surface area contributed by atoms with Gasteiger partial charge in [-0.3, -0.25) is 14.4 Å². The number of hydrogen-bond acceptors (Lipinski definition) is 10. The summed E-state index contributed by atoms with van der Waals surface area (Å²) >= 11 is 0. The van der Waals surface area contributed by atoms with Crippen LogP contribution in [-0.4, -0.2) is 64.2 Å². The Morgan fingerprint density at radius 1 is 0.625 bits per heavy atom. The van der Waals surface area contributed by atoms with Gasteiger partial charge in [-0.15, -0.1) is 0 Å². The summed E-state index contributed by atoms with van der Waals surface area (Å²) in [5.41, 5.74) is 2.87. The number of carboxylic acid groups (broad SMARTS) is 3. The number of nitrogens with zero attached hydrogens (tertiary/aromatic N) is 1. The van der Waals surface area contributed by atoms with E-state index in [4.69, 9.17) is 9.15 Å².